The molecule has 1 unspecified atom stereocenters. The average Bonchev–Trinajstić information content (AvgIpc) is 2.47. The summed E-state index contributed by atoms with van der Waals surface area (Å²) in [6.07, 6.45) is 12.6. The molecule has 0 amide bonds. The van der Waals surface area contributed by atoms with Gasteiger partial charge < -0.3 is 0 Å². The van der Waals surface area contributed by atoms with Crippen LogP contribution in [0.1, 0.15) is 57.8 Å². The van der Waals surface area contributed by atoms with Gasteiger partial charge in [-0.25, -0.2) is 5.43 Å². The molecule has 0 aromatic rings. The zero-order valence-electron chi connectivity index (χ0n) is 11.9. The zero-order valence-corrected chi connectivity index (χ0v) is 11.9. The van der Waals surface area contributed by atoms with Crippen LogP contribution in [0.2, 0.25) is 0 Å². The van der Waals surface area contributed by atoms with Crippen LogP contribution < -0.4 is 16.5 Å². The Morgan fingerprint density at radius 2 is 1.80 bits per heavy atom. The van der Waals surface area contributed by atoms with Gasteiger partial charge in [0, 0.05) is 13.0 Å². The normalized spacial score (nSPS) is 24.1. The minimum Gasteiger partial charge on any atom is -0.262 e. The zero-order chi connectivity index (χ0) is 14.3. The number of hydrogen-bond acceptors (Lipinski definition) is 6. The van der Waals surface area contributed by atoms with Crippen molar-refractivity contribution in [1.82, 2.24) is 16.5 Å². The Bertz CT molecular complexity index is 332. The van der Waals surface area contributed by atoms with E-state index in [0.29, 0.717) is 6.54 Å². The van der Waals surface area contributed by atoms with Crippen molar-refractivity contribution in [1.29, 1.82) is 5.26 Å². The summed E-state index contributed by atoms with van der Waals surface area (Å²) >= 11 is 0. The molecule has 0 aromatic heterocycles. The lowest BCUT2D eigenvalue weighted by Crippen LogP contribution is -2.44. The number of hydrogen-bond donors (Lipinski definition) is 3. The molecule has 0 fully saturated rings. The van der Waals surface area contributed by atoms with Crippen molar-refractivity contribution in [3.8, 4) is 18.1 Å². The third kappa shape index (κ3) is 9.60. The first-order chi connectivity index (χ1) is 9.93. The molecular weight excluding hydrogens is 256 g/mol. The van der Waals surface area contributed by atoms with E-state index >= 15 is 0 Å². The Morgan fingerprint density at radius 3 is 2.60 bits per heavy atom. The molecule has 1 atom stereocenters. The van der Waals surface area contributed by atoms with Crippen molar-refractivity contribution in [3.05, 3.63) is 0 Å². The maximum absolute atomic E-state index is 9.03. The van der Waals surface area contributed by atoms with Gasteiger partial charge in [-0.3, -0.25) is 4.89 Å². The lowest BCUT2D eigenvalue weighted by molar-refractivity contribution is -0.299. The number of hydrazine groups is 2. The second-order valence-electron chi connectivity index (χ2n) is 4.89. The third-order valence-corrected chi connectivity index (χ3v) is 3.22. The van der Waals surface area contributed by atoms with Crippen molar-refractivity contribution >= 4 is 0 Å². The largest absolute Gasteiger partial charge is 0.262 e. The molecule has 3 N–H and O–H groups in total. The molecule has 1 aliphatic rings. The van der Waals surface area contributed by atoms with Crippen LogP contribution in [0.3, 0.4) is 0 Å². The predicted octanol–water partition coefficient (Wildman–Crippen LogP) is 2.07. The summed E-state index contributed by atoms with van der Waals surface area (Å²) in [5, 5.41) is 9.03. The second-order valence-corrected chi connectivity index (χ2v) is 4.89. The molecule has 0 saturated heterocycles. The van der Waals surface area contributed by atoms with Crippen molar-refractivity contribution in [2.24, 2.45) is 5.92 Å². The molecule has 0 aromatic carbocycles. The molecule has 0 bridgehead atoms. The Labute approximate surface area is 121 Å². The first-order valence-corrected chi connectivity index (χ1v) is 7.36. The number of nitriles is 1. The van der Waals surface area contributed by atoms with E-state index in [4.69, 9.17) is 5.26 Å². The maximum atomic E-state index is 9.03. The highest BCUT2D eigenvalue weighted by Gasteiger charge is 2.06. The number of nitrogens with zero attached hydrogens (tertiary/aromatic N) is 1. The first kappa shape index (κ1) is 16.7. The van der Waals surface area contributed by atoms with Crippen molar-refractivity contribution in [3.63, 3.8) is 0 Å². The van der Waals surface area contributed by atoms with E-state index in [1.54, 1.807) is 0 Å². The van der Waals surface area contributed by atoms with Gasteiger partial charge in [0.15, 0.2) is 6.11 Å². The van der Waals surface area contributed by atoms with Gasteiger partial charge in [0.05, 0.1) is 12.0 Å². The molecular formula is C14H24N4O2. The monoisotopic (exact) mass is 280 g/mol. The molecule has 0 saturated carbocycles. The van der Waals surface area contributed by atoms with E-state index in [9.17, 15) is 0 Å². The number of nitrogens with one attached hydrogen (secondary N) is 3. The van der Waals surface area contributed by atoms with Gasteiger partial charge in [-0.15, -0.1) is 0 Å². The van der Waals surface area contributed by atoms with Gasteiger partial charge in [-0.05, 0) is 12.8 Å². The van der Waals surface area contributed by atoms with Crippen molar-refractivity contribution in [2.75, 3.05) is 6.54 Å². The van der Waals surface area contributed by atoms with Crippen LogP contribution in [-0.4, -0.2) is 6.54 Å². The van der Waals surface area contributed by atoms with Crippen molar-refractivity contribution in [2.45, 2.75) is 57.8 Å². The summed E-state index contributed by atoms with van der Waals surface area (Å²) in [7, 11) is 0. The summed E-state index contributed by atoms with van der Waals surface area (Å²) in [4.78, 5) is 9.16. The molecule has 0 spiro atoms. The van der Waals surface area contributed by atoms with Gasteiger partial charge in [0.25, 0.3) is 0 Å². The van der Waals surface area contributed by atoms with E-state index in [0.717, 1.165) is 25.7 Å². The Morgan fingerprint density at radius 1 is 1.05 bits per heavy atom. The highest BCUT2D eigenvalue weighted by molar-refractivity contribution is 4.90. The lowest BCUT2D eigenvalue weighted by atomic mass is 10.0. The molecule has 112 valence electrons. The van der Waals surface area contributed by atoms with Gasteiger partial charge >= 0.3 is 0 Å². The summed E-state index contributed by atoms with van der Waals surface area (Å²) in [6.45, 7) is 0.554. The summed E-state index contributed by atoms with van der Waals surface area (Å²) in [5.74, 6) is 2.88. The van der Waals surface area contributed by atoms with Crippen LogP contribution in [0.15, 0.2) is 0 Å². The molecule has 6 heteroatoms. The molecule has 0 radical (unpaired) electrons. The van der Waals surface area contributed by atoms with Gasteiger partial charge in [0.2, 0.25) is 0 Å². The van der Waals surface area contributed by atoms with E-state index in [1.165, 1.54) is 32.1 Å². The van der Waals surface area contributed by atoms with E-state index < -0.39 is 0 Å². The summed E-state index contributed by atoms with van der Waals surface area (Å²) in [6, 6.07) is 2.30. The topological polar surface area (TPSA) is 78.3 Å². The fourth-order valence-electron chi connectivity index (χ4n) is 2.05. The van der Waals surface area contributed by atoms with Gasteiger partial charge in [-0.2, -0.15) is 10.8 Å². The molecule has 6 nitrogen and oxygen atoms in total. The molecule has 1 rings (SSSR count). The SMILES string of the molecule is N#CC1CCCCCCCCCC#COONNNC1. The fraction of sp³-hybridized carbons (Fsp3) is 0.786. The van der Waals surface area contributed by atoms with E-state index in [2.05, 4.69) is 44.5 Å². The van der Waals surface area contributed by atoms with E-state index in [1.807, 2.05) is 0 Å². The van der Waals surface area contributed by atoms with Crippen LogP contribution in [-0.2, 0) is 9.88 Å². The highest BCUT2D eigenvalue weighted by atomic mass is 17.3. The Hall–Kier alpha value is -1.31. The predicted molar refractivity (Wildman–Crippen MR) is 74.9 cm³/mol. The smallest absolute Gasteiger partial charge is 0.159 e. The third-order valence-electron chi connectivity index (χ3n) is 3.22. The van der Waals surface area contributed by atoms with E-state index in [-0.39, 0.29) is 5.92 Å². The minimum atomic E-state index is 0.00361. The first-order valence-electron chi connectivity index (χ1n) is 7.36. The molecule has 0 aliphatic carbocycles. The fourth-order valence-corrected chi connectivity index (χ4v) is 2.05. The van der Waals surface area contributed by atoms with Crippen LogP contribution in [0, 0.1) is 29.3 Å². The van der Waals surface area contributed by atoms with Gasteiger partial charge in [0.1, 0.15) is 0 Å². The van der Waals surface area contributed by atoms with Crippen LogP contribution >= 0.6 is 0 Å². The van der Waals surface area contributed by atoms with Gasteiger partial charge in [-0.1, -0.05) is 55.0 Å². The summed E-state index contributed by atoms with van der Waals surface area (Å²) < 4.78 is 0. The quantitative estimate of drug-likeness (QED) is 0.466. The molecule has 1 aliphatic heterocycles. The summed E-state index contributed by atoms with van der Waals surface area (Å²) in [5.41, 5.74) is 7.78. The lowest BCUT2D eigenvalue weighted by Gasteiger charge is -2.11. The van der Waals surface area contributed by atoms with Crippen LogP contribution in [0.5, 0.6) is 0 Å². The maximum Gasteiger partial charge on any atom is 0.159 e. The highest BCUT2D eigenvalue weighted by Crippen LogP contribution is 2.12. The Balaban J connectivity index is 2.24. The Kier molecular flexibility index (Phi) is 10.6. The average molecular weight is 280 g/mol. The molecule has 20 heavy (non-hydrogen) atoms. The standard InChI is InChI=1S/C14H24N4O2/c15-12-14-10-8-6-4-2-1-3-5-7-9-11-19-20-18-17-16-13-14/h14,16-18H,1-8,10,13H2. The minimum absolute atomic E-state index is 0.00361. The second kappa shape index (κ2) is 12.7. The van der Waals surface area contributed by atoms with Crippen LogP contribution in [0.4, 0.5) is 0 Å². The number of rotatable bonds is 0. The molecule has 1 heterocycles. The van der Waals surface area contributed by atoms with Crippen molar-refractivity contribution < 1.29 is 9.88 Å². The van der Waals surface area contributed by atoms with Crippen LogP contribution in [0.25, 0.3) is 0 Å².